The summed E-state index contributed by atoms with van der Waals surface area (Å²) in [5.41, 5.74) is 6.39. The van der Waals surface area contributed by atoms with Crippen molar-refractivity contribution in [3.8, 4) is 22.6 Å². The summed E-state index contributed by atoms with van der Waals surface area (Å²) in [6.45, 7) is 2.47. The molecule has 0 aliphatic rings. The number of aliphatic hydroxyl groups is 1. The van der Waals surface area contributed by atoms with Crippen molar-refractivity contribution < 1.29 is 9.50 Å². The van der Waals surface area contributed by atoms with E-state index in [1.165, 1.54) is 12.1 Å². The minimum atomic E-state index is -0.314. The zero-order valence-corrected chi connectivity index (χ0v) is 18.2. The van der Waals surface area contributed by atoms with Crippen molar-refractivity contribution in [2.75, 3.05) is 5.32 Å². The van der Waals surface area contributed by atoms with E-state index in [2.05, 4.69) is 15.4 Å². The van der Waals surface area contributed by atoms with Crippen molar-refractivity contribution >= 4 is 11.6 Å². The highest BCUT2D eigenvalue weighted by atomic mass is 19.1. The molecule has 0 unspecified atom stereocenters. The van der Waals surface area contributed by atoms with Crippen LogP contribution in [0.3, 0.4) is 0 Å². The van der Waals surface area contributed by atoms with E-state index >= 15 is 0 Å². The van der Waals surface area contributed by atoms with Gasteiger partial charge in [-0.05, 0) is 55.0 Å². The van der Waals surface area contributed by atoms with Crippen molar-refractivity contribution in [1.29, 1.82) is 0 Å². The molecule has 8 nitrogen and oxygen atoms in total. The topological polar surface area (TPSA) is 93.2 Å². The molecule has 1 aromatic carbocycles. The number of pyridine rings is 1. The number of nitrogens with zero attached hydrogens (tertiary/aromatic N) is 6. The lowest BCUT2D eigenvalue weighted by Gasteiger charge is -2.09. The molecule has 0 saturated heterocycles. The van der Waals surface area contributed by atoms with Gasteiger partial charge in [-0.1, -0.05) is 0 Å². The number of benzene rings is 1. The lowest BCUT2D eigenvalue weighted by atomic mass is 10.1. The zero-order valence-electron chi connectivity index (χ0n) is 18.2. The molecule has 0 fully saturated rings. The summed E-state index contributed by atoms with van der Waals surface area (Å²) in [6, 6.07) is 11.7. The van der Waals surface area contributed by atoms with Crippen molar-refractivity contribution in [3.63, 3.8) is 0 Å². The van der Waals surface area contributed by atoms with Gasteiger partial charge in [0, 0.05) is 42.8 Å². The molecule has 5 aromatic rings. The maximum absolute atomic E-state index is 13.5. The van der Waals surface area contributed by atoms with Crippen LogP contribution >= 0.6 is 0 Å². The average Bonchev–Trinajstić information content (AvgIpc) is 3.37. The predicted octanol–water partition coefficient (Wildman–Crippen LogP) is 3.74. The van der Waals surface area contributed by atoms with Gasteiger partial charge in [-0.3, -0.25) is 9.08 Å². The predicted molar refractivity (Wildman–Crippen MR) is 123 cm³/mol. The molecule has 166 valence electrons. The van der Waals surface area contributed by atoms with Gasteiger partial charge in [-0.15, -0.1) is 0 Å². The highest BCUT2D eigenvalue weighted by Crippen LogP contribution is 2.32. The highest BCUT2D eigenvalue weighted by molar-refractivity contribution is 5.80. The summed E-state index contributed by atoms with van der Waals surface area (Å²) in [5.74, 6) is 0.161. The lowest BCUT2D eigenvalue weighted by Crippen LogP contribution is -2.05. The fourth-order valence-electron chi connectivity index (χ4n) is 3.71. The van der Waals surface area contributed by atoms with E-state index in [9.17, 15) is 9.50 Å². The minimum absolute atomic E-state index is 0.0834. The van der Waals surface area contributed by atoms with E-state index in [1.807, 2.05) is 53.6 Å². The fourth-order valence-corrected chi connectivity index (χ4v) is 3.71. The van der Waals surface area contributed by atoms with Crippen molar-refractivity contribution in [3.05, 3.63) is 83.7 Å². The average molecular weight is 443 g/mol. The Balaban J connectivity index is 1.58. The SMILES string of the molecule is Cc1c(CNc2nccc(-c3c(-c4ccc(F)cc4)nc4cc(CO)ccn34)n2)cnn1C. The molecule has 0 spiro atoms. The number of aryl methyl sites for hydroxylation is 1. The largest absolute Gasteiger partial charge is 0.392 e. The fraction of sp³-hybridized carbons (Fsp3) is 0.167. The molecular weight excluding hydrogens is 421 g/mol. The Hall–Kier alpha value is -4.11. The first-order valence-electron chi connectivity index (χ1n) is 10.5. The summed E-state index contributed by atoms with van der Waals surface area (Å²) in [6.07, 6.45) is 5.36. The van der Waals surface area contributed by atoms with Gasteiger partial charge in [0.1, 0.15) is 11.5 Å². The summed E-state index contributed by atoms with van der Waals surface area (Å²) < 4.78 is 17.3. The first kappa shape index (κ1) is 20.8. The van der Waals surface area contributed by atoms with Gasteiger partial charge in [0.2, 0.25) is 5.95 Å². The molecule has 0 amide bonds. The van der Waals surface area contributed by atoms with Crippen LogP contribution in [-0.2, 0) is 20.2 Å². The Morgan fingerprint density at radius 3 is 2.64 bits per heavy atom. The highest BCUT2D eigenvalue weighted by Gasteiger charge is 2.18. The monoisotopic (exact) mass is 443 g/mol. The van der Waals surface area contributed by atoms with Crippen LogP contribution < -0.4 is 5.32 Å². The lowest BCUT2D eigenvalue weighted by molar-refractivity contribution is 0.282. The van der Waals surface area contributed by atoms with E-state index < -0.39 is 0 Å². The molecule has 5 rings (SSSR count). The number of hydrogen-bond acceptors (Lipinski definition) is 6. The number of rotatable bonds is 6. The summed E-state index contributed by atoms with van der Waals surface area (Å²) in [7, 11) is 1.90. The molecular formula is C24H22FN7O. The van der Waals surface area contributed by atoms with Gasteiger partial charge >= 0.3 is 0 Å². The third-order valence-corrected chi connectivity index (χ3v) is 5.66. The standard InChI is InChI=1S/C24H22FN7O/c1-15-18(13-28-31(15)2)12-27-24-26-9-7-20(29-24)23-22(17-3-5-19(25)6-4-17)30-21-11-16(14-33)8-10-32(21)23/h3-11,13,33H,12,14H2,1-2H3,(H,26,27,29). The van der Waals surface area contributed by atoms with Gasteiger partial charge in [0.05, 0.1) is 29.9 Å². The quantitative estimate of drug-likeness (QED) is 0.415. The molecule has 2 N–H and O–H groups in total. The minimum Gasteiger partial charge on any atom is -0.392 e. The number of anilines is 1. The van der Waals surface area contributed by atoms with E-state index in [4.69, 9.17) is 9.97 Å². The molecule has 9 heteroatoms. The molecule has 0 atom stereocenters. The van der Waals surface area contributed by atoms with E-state index in [0.29, 0.717) is 29.5 Å². The normalized spacial score (nSPS) is 11.3. The smallest absolute Gasteiger partial charge is 0.223 e. The van der Waals surface area contributed by atoms with Gasteiger partial charge in [0.25, 0.3) is 0 Å². The Morgan fingerprint density at radius 1 is 1.09 bits per heavy atom. The number of aromatic nitrogens is 6. The first-order chi connectivity index (χ1) is 16.0. The molecule has 33 heavy (non-hydrogen) atoms. The first-order valence-corrected chi connectivity index (χ1v) is 10.5. The van der Waals surface area contributed by atoms with E-state index in [1.54, 1.807) is 18.3 Å². The maximum atomic E-state index is 13.5. The third kappa shape index (κ3) is 3.94. The number of nitrogens with one attached hydrogen (secondary N) is 1. The van der Waals surface area contributed by atoms with Crippen LogP contribution in [0.5, 0.6) is 0 Å². The van der Waals surface area contributed by atoms with Crippen LogP contribution in [0.4, 0.5) is 10.3 Å². The third-order valence-electron chi connectivity index (χ3n) is 5.66. The van der Waals surface area contributed by atoms with Gasteiger partial charge in [-0.2, -0.15) is 5.10 Å². The van der Waals surface area contributed by atoms with Crippen LogP contribution in [0.15, 0.2) is 61.1 Å². The van der Waals surface area contributed by atoms with E-state index in [-0.39, 0.29) is 12.4 Å². The molecule has 0 aliphatic heterocycles. The number of imidazole rings is 1. The van der Waals surface area contributed by atoms with E-state index in [0.717, 1.165) is 28.1 Å². The van der Waals surface area contributed by atoms with Crippen LogP contribution in [0.2, 0.25) is 0 Å². The Bertz CT molecular complexity index is 1440. The summed E-state index contributed by atoms with van der Waals surface area (Å²) >= 11 is 0. The van der Waals surface area contributed by atoms with Crippen LogP contribution in [0, 0.1) is 12.7 Å². The molecule has 0 aliphatic carbocycles. The van der Waals surface area contributed by atoms with Gasteiger partial charge < -0.3 is 10.4 Å². The molecule has 4 heterocycles. The van der Waals surface area contributed by atoms with Crippen LogP contribution in [0.1, 0.15) is 16.8 Å². The van der Waals surface area contributed by atoms with Crippen molar-refractivity contribution in [1.82, 2.24) is 29.1 Å². The summed E-state index contributed by atoms with van der Waals surface area (Å²) in [5, 5.41) is 17.1. The Kier molecular flexibility index (Phi) is 5.31. The van der Waals surface area contributed by atoms with Gasteiger partial charge in [-0.25, -0.2) is 19.3 Å². The van der Waals surface area contributed by atoms with Gasteiger partial charge in [0.15, 0.2) is 0 Å². The van der Waals surface area contributed by atoms with Crippen LogP contribution in [-0.4, -0.2) is 34.2 Å². The second-order valence-corrected chi connectivity index (χ2v) is 7.74. The number of halogens is 1. The second kappa shape index (κ2) is 8.44. The number of hydrogen-bond donors (Lipinski definition) is 2. The molecule has 0 saturated carbocycles. The second-order valence-electron chi connectivity index (χ2n) is 7.74. The number of fused-ring (bicyclic) bond motifs is 1. The number of aliphatic hydroxyl groups excluding tert-OH is 1. The summed E-state index contributed by atoms with van der Waals surface area (Å²) in [4.78, 5) is 13.9. The van der Waals surface area contributed by atoms with Crippen molar-refractivity contribution in [2.24, 2.45) is 7.05 Å². The van der Waals surface area contributed by atoms with Crippen molar-refractivity contribution in [2.45, 2.75) is 20.1 Å². The van der Waals surface area contributed by atoms with Crippen LogP contribution in [0.25, 0.3) is 28.3 Å². The molecule has 0 bridgehead atoms. The Labute approximate surface area is 189 Å². The maximum Gasteiger partial charge on any atom is 0.223 e. The molecule has 4 aromatic heterocycles. The molecule has 0 radical (unpaired) electrons. The zero-order chi connectivity index (χ0) is 22.9. The Morgan fingerprint density at radius 2 is 1.91 bits per heavy atom.